The van der Waals surface area contributed by atoms with Gasteiger partial charge < -0.3 is 10.2 Å². The molecular weight excluding hydrogens is 344 g/mol. The Morgan fingerprint density at radius 3 is 1.70 bits per heavy atom. The van der Waals surface area contributed by atoms with Crippen molar-refractivity contribution in [3.63, 3.8) is 0 Å². The summed E-state index contributed by atoms with van der Waals surface area (Å²) in [4.78, 5) is 34.4. The van der Waals surface area contributed by atoms with E-state index in [0.29, 0.717) is 12.0 Å². The molecule has 2 N–H and O–H groups in total. The number of benzene rings is 2. The van der Waals surface area contributed by atoms with Crippen LogP contribution in [0.25, 0.3) is 12.2 Å². The van der Waals surface area contributed by atoms with Crippen LogP contribution in [0.5, 0.6) is 0 Å². The number of rotatable bonds is 4. The van der Waals surface area contributed by atoms with Gasteiger partial charge >= 0.3 is 11.9 Å². The predicted octanol–water partition coefficient (Wildman–Crippen LogP) is 4.30. The van der Waals surface area contributed by atoms with Crippen LogP contribution in [0, 0.1) is 0 Å². The quantitative estimate of drug-likeness (QED) is 0.791. The minimum atomic E-state index is -0.992. The fourth-order valence-electron chi connectivity index (χ4n) is 3.02. The Kier molecular flexibility index (Phi) is 5.31. The molecule has 0 spiro atoms. The SMILES string of the molecule is O=C1CCCC(=C/c2ccc(C(=O)O)cc2)/C1=C/c1ccc(C(=O)O)cc1. The van der Waals surface area contributed by atoms with Gasteiger partial charge in [-0.3, -0.25) is 4.79 Å². The first-order chi connectivity index (χ1) is 12.9. The van der Waals surface area contributed by atoms with E-state index < -0.39 is 11.9 Å². The first-order valence-electron chi connectivity index (χ1n) is 8.56. The maximum Gasteiger partial charge on any atom is 0.335 e. The summed E-state index contributed by atoms with van der Waals surface area (Å²) in [5, 5.41) is 18.0. The monoisotopic (exact) mass is 362 g/mol. The van der Waals surface area contributed by atoms with E-state index in [2.05, 4.69) is 0 Å². The minimum absolute atomic E-state index is 0.0527. The Balaban J connectivity index is 1.93. The summed E-state index contributed by atoms with van der Waals surface area (Å²) in [6, 6.07) is 12.9. The molecule has 1 aliphatic carbocycles. The molecule has 5 nitrogen and oxygen atoms in total. The van der Waals surface area contributed by atoms with E-state index in [1.807, 2.05) is 6.08 Å². The molecule has 1 saturated carbocycles. The number of Topliss-reactive ketones (excluding diaryl/α,β-unsaturated/α-hetero) is 1. The standard InChI is InChI=1S/C22H18O5/c23-20-3-1-2-18(12-14-4-8-16(9-5-14)21(24)25)19(20)13-15-6-10-17(11-7-15)22(26)27/h4-13H,1-3H2,(H,24,25)(H,26,27)/b18-12-,19-13-. The van der Waals surface area contributed by atoms with E-state index in [9.17, 15) is 14.4 Å². The molecule has 0 aromatic heterocycles. The second-order valence-electron chi connectivity index (χ2n) is 6.36. The van der Waals surface area contributed by atoms with Crippen molar-refractivity contribution in [2.75, 3.05) is 0 Å². The normalized spacial score (nSPS) is 17.3. The first kappa shape index (κ1) is 18.3. The second kappa shape index (κ2) is 7.83. The largest absolute Gasteiger partial charge is 0.478 e. The first-order valence-corrected chi connectivity index (χ1v) is 8.56. The van der Waals surface area contributed by atoms with Gasteiger partial charge in [0.15, 0.2) is 5.78 Å². The van der Waals surface area contributed by atoms with Crippen LogP contribution in [-0.2, 0) is 4.79 Å². The molecule has 136 valence electrons. The molecule has 0 radical (unpaired) electrons. The van der Waals surface area contributed by atoms with Gasteiger partial charge in [-0.15, -0.1) is 0 Å². The lowest BCUT2D eigenvalue weighted by Gasteiger charge is -2.17. The van der Waals surface area contributed by atoms with Crippen molar-refractivity contribution in [3.05, 3.63) is 81.9 Å². The van der Waals surface area contributed by atoms with Gasteiger partial charge in [0, 0.05) is 12.0 Å². The zero-order valence-electron chi connectivity index (χ0n) is 14.5. The summed E-state index contributed by atoms with van der Waals surface area (Å²) < 4.78 is 0. The van der Waals surface area contributed by atoms with E-state index in [-0.39, 0.29) is 16.9 Å². The third-order valence-corrected chi connectivity index (χ3v) is 4.46. The van der Waals surface area contributed by atoms with Gasteiger partial charge in [-0.2, -0.15) is 0 Å². The van der Waals surface area contributed by atoms with Crippen molar-refractivity contribution in [1.29, 1.82) is 0 Å². The van der Waals surface area contributed by atoms with Crippen LogP contribution >= 0.6 is 0 Å². The number of ketones is 1. The van der Waals surface area contributed by atoms with Crippen LogP contribution in [0.15, 0.2) is 59.7 Å². The van der Waals surface area contributed by atoms with Crippen molar-refractivity contribution in [2.45, 2.75) is 19.3 Å². The molecule has 3 rings (SSSR count). The molecule has 1 aliphatic rings. The van der Waals surface area contributed by atoms with E-state index in [4.69, 9.17) is 10.2 Å². The zero-order valence-corrected chi connectivity index (χ0v) is 14.5. The molecule has 0 atom stereocenters. The highest BCUT2D eigenvalue weighted by Gasteiger charge is 2.20. The van der Waals surface area contributed by atoms with Crippen LogP contribution in [-0.4, -0.2) is 27.9 Å². The summed E-state index contributed by atoms with van der Waals surface area (Å²) in [6.07, 6.45) is 5.69. The summed E-state index contributed by atoms with van der Waals surface area (Å²) in [7, 11) is 0. The number of carboxylic acids is 2. The minimum Gasteiger partial charge on any atom is -0.478 e. The highest BCUT2D eigenvalue weighted by molar-refractivity contribution is 6.06. The average molecular weight is 362 g/mol. The topological polar surface area (TPSA) is 91.7 Å². The van der Waals surface area contributed by atoms with Crippen molar-refractivity contribution in [1.82, 2.24) is 0 Å². The molecule has 0 aliphatic heterocycles. The van der Waals surface area contributed by atoms with Gasteiger partial charge in [0.05, 0.1) is 11.1 Å². The maximum absolute atomic E-state index is 12.4. The van der Waals surface area contributed by atoms with Crippen LogP contribution in [0.3, 0.4) is 0 Å². The second-order valence-corrected chi connectivity index (χ2v) is 6.36. The summed E-state index contributed by atoms with van der Waals surface area (Å²) >= 11 is 0. The van der Waals surface area contributed by atoms with Crippen LogP contribution in [0.1, 0.15) is 51.1 Å². The van der Waals surface area contributed by atoms with E-state index >= 15 is 0 Å². The lowest BCUT2D eigenvalue weighted by molar-refractivity contribution is -0.115. The molecule has 2 aromatic rings. The van der Waals surface area contributed by atoms with Gasteiger partial charge in [-0.05, 0) is 59.9 Å². The number of carboxylic acid groups (broad SMARTS) is 2. The number of carbonyl (C=O) groups is 3. The lowest BCUT2D eigenvalue weighted by Crippen LogP contribution is -2.11. The van der Waals surface area contributed by atoms with Gasteiger partial charge in [-0.1, -0.05) is 30.3 Å². The van der Waals surface area contributed by atoms with E-state index in [1.54, 1.807) is 30.3 Å². The van der Waals surface area contributed by atoms with Crippen LogP contribution in [0.4, 0.5) is 0 Å². The summed E-state index contributed by atoms with van der Waals surface area (Å²) in [5.41, 5.74) is 3.52. The Morgan fingerprint density at radius 1 is 0.741 bits per heavy atom. The Hall–Kier alpha value is -3.47. The number of hydrogen-bond donors (Lipinski definition) is 2. The molecule has 0 heterocycles. The average Bonchev–Trinajstić information content (AvgIpc) is 2.65. The fraction of sp³-hybridized carbons (Fsp3) is 0.136. The van der Waals surface area contributed by atoms with Crippen LogP contribution in [0.2, 0.25) is 0 Å². The van der Waals surface area contributed by atoms with Gasteiger partial charge in [0.25, 0.3) is 0 Å². The van der Waals surface area contributed by atoms with Crippen molar-refractivity contribution >= 4 is 29.9 Å². The van der Waals surface area contributed by atoms with Crippen molar-refractivity contribution < 1.29 is 24.6 Å². The number of hydrogen-bond acceptors (Lipinski definition) is 3. The molecule has 0 amide bonds. The van der Waals surface area contributed by atoms with Crippen molar-refractivity contribution in [3.8, 4) is 0 Å². The lowest BCUT2D eigenvalue weighted by atomic mass is 9.86. The molecule has 27 heavy (non-hydrogen) atoms. The van der Waals surface area contributed by atoms with Crippen molar-refractivity contribution in [2.24, 2.45) is 0 Å². The molecule has 0 bridgehead atoms. The predicted molar refractivity (Wildman–Crippen MR) is 102 cm³/mol. The summed E-state index contributed by atoms with van der Waals surface area (Å²) in [6.45, 7) is 0. The number of aromatic carboxylic acids is 2. The third kappa shape index (κ3) is 4.39. The van der Waals surface area contributed by atoms with E-state index in [0.717, 1.165) is 29.5 Å². The van der Waals surface area contributed by atoms with Gasteiger partial charge in [-0.25, -0.2) is 9.59 Å². The zero-order chi connectivity index (χ0) is 19.4. The smallest absolute Gasteiger partial charge is 0.335 e. The highest BCUT2D eigenvalue weighted by Crippen LogP contribution is 2.30. The highest BCUT2D eigenvalue weighted by atomic mass is 16.4. The maximum atomic E-state index is 12.4. The molecule has 1 fully saturated rings. The number of carbonyl (C=O) groups excluding carboxylic acids is 1. The van der Waals surface area contributed by atoms with Gasteiger partial charge in [0.2, 0.25) is 0 Å². The molecule has 5 heteroatoms. The molecule has 0 unspecified atom stereocenters. The fourth-order valence-corrected chi connectivity index (χ4v) is 3.02. The Labute approximate surface area is 156 Å². The molecule has 0 saturated heterocycles. The van der Waals surface area contributed by atoms with Crippen LogP contribution < -0.4 is 0 Å². The molecular formula is C22H18O5. The molecule has 2 aromatic carbocycles. The number of allylic oxidation sites excluding steroid dienone is 2. The Morgan fingerprint density at radius 2 is 1.22 bits per heavy atom. The Bertz CT molecular complexity index is 947. The van der Waals surface area contributed by atoms with Gasteiger partial charge in [0.1, 0.15) is 0 Å². The third-order valence-electron chi connectivity index (χ3n) is 4.46. The summed E-state index contributed by atoms with van der Waals surface area (Å²) in [5.74, 6) is -1.92. The van der Waals surface area contributed by atoms with E-state index in [1.165, 1.54) is 24.3 Å².